The topological polar surface area (TPSA) is 100 Å². The Kier molecular flexibility index (Phi) is 3.55. The second-order valence-corrected chi connectivity index (χ2v) is 2.69. The van der Waals surface area contributed by atoms with Crippen LogP contribution >= 0.6 is 0 Å². The number of carboxylic acid groups (broad SMARTS) is 1. The van der Waals surface area contributed by atoms with Crippen LogP contribution in [0.4, 0.5) is 0 Å². The average molecular weight is 200 g/mol. The molecule has 0 aliphatic carbocycles. The number of nitrogens with zero attached hydrogens (tertiary/aromatic N) is 3. The van der Waals surface area contributed by atoms with Gasteiger partial charge in [-0.05, 0) is 7.05 Å². The van der Waals surface area contributed by atoms with Crippen LogP contribution in [0.25, 0.3) is 0 Å². The molecule has 0 bridgehead atoms. The summed E-state index contributed by atoms with van der Waals surface area (Å²) in [4.78, 5) is 10.7. The molecule has 7 heteroatoms. The highest BCUT2D eigenvalue weighted by atomic mass is 16.4. The summed E-state index contributed by atoms with van der Waals surface area (Å²) >= 11 is 0. The van der Waals surface area contributed by atoms with Gasteiger partial charge < -0.3 is 15.5 Å². The molecule has 0 aromatic carbocycles. The molecule has 0 aliphatic rings. The molecule has 0 saturated heterocycles. The number of nitrogens with one attached hydrogen (secondary N) is 1. The lowest BCUT2D eigenvalue weighted by Crippen LogP contribution is -2.25. The number of rotatable bonds is 5. The molecular formula is C7H12N4O3. The zero-order valence-corrected chi connectivity index (χ0v) is 7.71. The van der Waals surface area contributed by atoms with Crippen molar-refractivity contribution in [3.63, 3.8) is 0 Å². The van der Waals surface area contributed by atoms with Gasteiger partial charge in [-0.3, -0.25) is 4.79 Å². The predicted molar refractivity (Wildman–Crippen MR) is 46.5 cm³/mol. The van der Waals surface area contributed by atoms with Crippen LogP contribution in [0.5, 0.6) is 0 Å². The molecule has 3 N–H and O–H groups in total. The highest BCUT2D eigenvalue weighted by Gasteiger charge is 2.20. The van der Waals surface area contributed by atoms with Crippen molar-refractivity contribution in [2.75, 3.05) is 13.7 Å². The molecule has 1 atom stereocenters. The minimum Gasteiger partial charge on any atom is -0.480 e. The number of carbonyl (C=O) groups is 1. The molecule has 0 amide bonds. The van der Waals surface area contributed by atoms with Crippen LogP contribution in [0.3, 0.4) is 0 Å². The smallest absolute Gasteiger partial charge is 0.327 e. The number of likely N-dealkylation sites (N-methyl/N-ethyl adjacent to an activating group) is 1. The first-order valence-corrected chi connectivity index (χ1v) is 4.10. The van der Waals surface area contributed by atoms with Crippen LogP contribution in [0.1, 0.15) is 11.7 Å². The van der Waals surface area contributed by atoms with Crippen molar-refractivity contribution in [3.05, 3.63) is 11.9 Å². The van der Waals surface area contributed by atoms with Crippen LogP contribution in [-0.2, 0) is 11.3 Å². The maximum absolute atomic E-state index is 10.7. The lowest BCUT2D eigenvalue weighted by Gasteiger charge is -2.05. The van der Waals surface area contributed by atoms with Crippen LogP contribution < -0.4 is 5.32 Å². The first-order valence-electron chi connectivity index (χ1n) is 4.10. The molecule has 78 valence electrons. The maximum atomic E-state index is 10.7. The molecule has 0 radical (unpaired) electrons. The van der Waals surface area contributed by atoms with E-state index in [1.54, 1.807) is 0 Å². The molecule has 0 fully saturated rings. The van der Waals surface area contributed by atoms with Gasteiger partial charge in [-0.25, -0.2) is 4.68 Å². The highest BCUT2D eigenvalue weighted by molar-refractivity contribution is 5.74. The summed E-state index contributed by atoms with van der Waals surface area (Å²) in [6.45, 7) is 0.253. The number of carboxylic acids is 1. The normalized spacial score (nSPS) is 12.7. The molecule has 1 aromatic heterocycles. The maximum Gasteiger partial charge on any atom is 0.327 e. The average Bonchev–Trinajstić information content (AvgIpc) is 2.54. The van der Waals surface area contributed by atoms with Gasteiger partial charge in [-0.1, -0.05) is 5.21 Å². The van der Waals surface area contributed by atoms with Gasteiger partial charge in [-0.2, -0.15) is 0 Å². The minimum atomic E-state index is -1.01. The van der Waals surface area contributed by atoms with E-state index in [1.165, 1.54) is 17.9 Å². The van der Waals surface area contributed by atoms with Gasteiger partial charge in [0, 0.05) is 0 Å². The second-order valence-electron chi connectivity index (χ2n) is 2.69. The van der Waals surface area contributed by atoms with Crippen molar-refractivity contribution in [2.45, 2.75) is 12.6 Å². The van der Waals surface area contributed by atoms with E-state index >= 15 is 0 Å². The third-order valence-corrected chi connectivity index (χ3v) is 1.72. The number of aliphatic hydroxyl groups excluding tert-OH is 1. The van der Waals surface area contributed by atoms with E-state index in [1.807, 2.05) is 0 Å². The zero-order valence-electron chi connectivity index (χ0n) is 7.71. The number of hydrogen-bond donors (Lipinski definition) is 3. The van der Waals surface area contributed by atoms with E-state index in [0.29, 0.717) is 12.2 Å². The third kappa shape index (κ3) is 2.27. The molecule has 0 aliphatic heterocycles. The Hall–Kier alpha value is -1.47. The first kappa shape index (κ1) is 10.6. The van der Waals surface area contributed by atoms with Crippen LogP contribution in [0.15, 0.2) is 6.20 Å². The lowest BCUT2D eigenvalue weighted by molar-refractivity contribution is -0.139. The summed E-state index contributed by atoms with van der Waals surface area (Å²) in [7, 11) is 1.53. The van der Waals surface area contributed by atoms with Crippen LogP contribution in [0.2, 0.25) is 0 Å². The first-order chi connectivity index (χ1) is 6.69. The summed E-state index contributed by atoms with van der Waals surface area (Å²) in [6.07, 6.45) is 1.49. The fourth-order valence-corrected chi connectivity index (χ4v) is 1.06. The molecule has 0 saturated carbocycles. The van der Waals surface area contributed by atoms with Gasteiger partial charge in [0.05, 0.1) is 19.3 Å². The van der Waals surface area contributed by atoms with Crippen LogP contribution in [0, 0.1) is 0 Å². The fraction of sp³-hybridized carbons (Fsp3) is 0.571. The SMILES string of the molecule is CNC(C(=O)O)c1cn(CCO)nn1. The standard InChI is InChI=1S/C7H12N4O3/c1-8-6(7(13)14)5-4-11(2-3-12)10-9-5/h4,6,8,12H,2-3H2,1H3,(H,13,14). The van der Waals surface area contributed by atoms with Gasteiger partial charge in [0.1, 0.15) is 5.69 Å². The van der Waals surface area contributed by atoms with Crippen molar-refractivity contribution in [3.8, 4) is 0 Å². The molecule has 0 spiro atoms. The molecule has 14 heavy (non-hydrogen) atoms. The van der Waals surface area contributed by atoms with Gasteiger partial charge in [0.2, 0.25) is 0 Å². The lowest BCUT2D eigenvalue weighted by atomic mass is 10.2. The van der Waals surface area contributed by atoms with Gasteiger partial charge in [-0.15, -0.1) is 5.10 Å². The van der Waals surface area contributed by atoms with E-state index in [-0.39, 0.29) is 6.61 Å². The monoisotopic (exact) mass is 200 g/mol. The summed E-state index contributed by atoms with van der Waals surface area (Å²) in [5.74, 6) is -1.01. The quantitative estimate of drug-likeness (QED) is 0.541. The Labute approximate surface area is 80.4 Å². The van der Waals surface area contributed by atoms with Crippen LogP contribution in [-0.4, -0.2) is 44.8 Å². The Bertz CT molecular complexity index is 312. The molecule has 1 unspecified atom stereocenters. The van der Waals surface area contributed by atoms with E-state index in [9.17, 15) is 4.79 Å². The fourth-order valence-electron chi connectivity index (χ4n) is 1.06. The Morgan fingerprint density at radius 3 is 3.00 bits per heavy atom. The molecular weight excluding hydrogens is 188 g/mol. The van der Waals surface area contributed by atoms with Gasteiger partial charge in [0.15, 0.2) is 6.04 Å². The van der Waals surface area contributed by atoms with E-state index in [0.717, 1.165) is 0 Å². The predicted octanol–water partition coefficient (Wildman–Crippen LogP) is -1.38. The van der Waals surface area contributed by atoms with E-state index < -0.39 is 12.0 Å². The summed E-state index contributed by atoms with van der Waals surface area (Å²) in [6, 6.07) is -0.859. The molecule has 1 aromatic rings. The second kappa shape index (κ2) is 4.68. The molecule has 7 nitrogen and oxygen atoms in total. The highest BCUT2D eigenvalue weighted by Crippen LogP contribution is 2.07. The minimum absolute atomic E-state index is 0.0555. The Morgan fingerprint density at radius 1 is 1.79 bits per heavy atom. The number of hydrogen-bond acceptors (Lipinski definition) is 5. The van der Waals surface area contributed by atoms with E-state index in [4.69, 9.17) is 10.2 Å². The summed E-state index contributed by atoms with van der Waals surface area (Å²) < 4.78 is 1.39. The van der Waals surface area contributed by atoms with Crippen molar-refractivity contribution in [2.24, 2.45) is 0 Å². The van der Waals surface area contributed by atoms with Crippen molar-refractivity contribution in [1.29, 1.82) is 0 Å². The van der Waals surface area contributed by atoms with Gasteiger partial charge in [0.25, 0.3) is 0 Å². The van der Waals surface area contributed by atoms with Gasteiger partial charge >= 0.3 is 5.97 Å². The number of aliphatic hydroxyl groups is 1. The zero-order chi connectivity index (χ0) is 10.6. The third-order valence-electron chi connectivity index (χ3n) is 1.72. The van der Waals surface area contributed by atoms with Crippen molar-refractivity contribution >= 4 is 5.97 Å². The molecule has 1 heterocycles. The Morgan fingerprint density at radius 2 is 2.50 bits per heavy atom. The van der Waals surface area contributed by atoms with E-state index in [2.05, 4.69) is 15.6 Å². The molecule has 1 rings (SSSR count). The summed E-state index contributed by atoms with van der Waals surface area (Å²) in [5.41, 5.74) is 0.327. The largest absolute Gasteiger partial charge is 0.480 e. The van der Waals surface area contributed by atoms with Crippen molar-refractivity contribution < 1.29 is 15.0 Å². The number of aliphatic carboxylic acids is 1. The Balaban J connectivity index is 2.78. The van der Waals surface area contributed by atoms with Crippen molar-refractivity contribution in [1.82, 2.24) is 20.3 Å². The summed E-state index contributed by atoms with van der Waals surface area (Å²) in [5, 5.41) is 27.3. The number of aromatic nitrogens is 3.